The highest BCUT2D eigenvalue weighted by atomic mass is 35.5. The van der Waals surface area contributed by atoms with E-state index in [1.54, 1.807) is 47.3 Å². The summed E-state index contributed by atoms with van der Waals surface area (Å²) >= 11 is 6.02. The van der Waals surface area contributed by atoms with Crippen molar-refractivity contribution >= 4 is 23.4 Å². The molecule has 37 heavy (non-hydrogen) atoms. The molecule has 7 nitrogen and oxygen atoms in total. The van der Waals surface area contributed by atoms with E-state index in [0.29, 0.717) is 43.4 Å². The van der Waals surface area contributed by atoms with Gasteiger partial charge >= 0.3 is 0 Å². The van der Waals surface area contributed by atoms with Gasteiger partial charge < -0.3 is 19.1 Å². The lowest BCUT2D eigenvalue weighted by molar-refractivity contribution is -0.139. The molecule has 0 bridgehead atoms. The van der Waals surface area contributed by atoms with Gasteiger partial charge in [-0.25, -0.2) is 0 Å². The highest BCUT2D eigenvalue weighted by Gasteiger charge is 2.35. The van der Waals surface area contributed by atoms with E-state index in [2.05, 4.69) is 0 Å². The molecule has 194 valence electrons. The van der Waals surface area contributed by atoms with Crippen LogP contribution in [0.1, 0.15) is 24.8 Å². The van der Waals surface area contributed by atoms with Crippen LogP contribution in [0.5, 0.6) is 5.75 Å². The van der Waals surface area contributed by atoms with E-state index in [4.69, 9.17) is 16.3 Å². The highest BCUT2D eigenvalue weighted by Crippen LogP contribution is 2.27. The molecule has 2 aromatic carbocycles. The number of pyridine rings is 1. The van der Waals surface area contributed by atoms with Gasteiger partial charge in [0.15, 0.2) is 0 Å². The van der Waals surface area contributed by atoms with Crippen molar-refractivity contribution in [1.82, 2.24) is 14.4 Å². The minimum Gasteiger partial charge on any atom is -0.490 e. The summed E-state index contributed by atoms with van der Waals surface area (Å²) in [5, 5.41) is 0.625. The van der Waals surface area contributed by atoms with Crippen LogP contribution in [-0.4, -0.2) is 52.4 Å². The Bertz CT molecular complexity index is 1250. The van der Waals surface area contributed by atoms with Crippen molar-refractivity contribution in [2.24, 2.45) is 5.92 Å². The van der Waals surface area contributed by atoms with E-state index in [9.17, 15) is 14.4 Å². The minimum atomic E-state index is -0.212. The molecule has 1 fully saturated rings. The fraction of sp³-hybridized carbons (Fsp3) is 0.345. The van der Waals surface area contributed by atoms with E-state index >= 15 is 0 Å². The lowest BCUT2D eigenvalue weighted by atomic mass is 9.90. The van der Waals surface area contributed by atoms with Crippen LogP contribution in [0.15, 0.2) is 83.8 Å². The number of rotatable bonds is 9. The molecule has 8 heteroatoms. The molecule has 1 aromatic heterocycles. The number of ether oxygens (including phenoxy) is 1. The molecule has 1 aliphatic heterocycles. The fourth-order valence-corrected chi connectivity index (χ4v) is 4.75. The second-order valence-corrected chi connectivity index (χ2v) is 9.86. The standard InChI is InChI=1S/C29H32ClN3O4/c1-31(20-22-7-3-2-4-8-22)29(36)19-23-21-33(28(35)15-18-32-16-6-5-9-27(32)34)17-14-26(23)37-25-12-10-24(30)11-13-25/h2-13,16,23,26H,14-15,17-21H2,1H3/t23-,26-/m0/s1. The fourth-order valence-electron chi connectivity index (χ4n) is 4.62. The summed E-state index contributed by atoms with van der Waals surface area (Å²) in [5.74, 6) is 0.491. The maximum Gasteiger partial charge on any atom is 0.250 e. The van der Waals surface area contributed by atoms with Crippen LogP contribution in [0.3, 0.4) is 0 Å². The quantitative estimate of drug-likeness (QED) is 0.422. The second kappa shape index (κ2) is 12.6. The number of benzene rings is 2. The summed E-state index contributed by atoms with van der Waals surface area (Å²) in [6.07, 6.45) is 2.58. The van der Waals surface area contributed by atoms with Gasteiger partial charge in [0.05, 0.1) is 0 Å². The van der Waals surface area contributed by atoms with E-state index in [-0.39, 0.29) is 42.2 Å². The summed E-state index contributed by atoms with van der Waals surface area (Å²) in [5.41, 5.74) is 0.930. The van der Waals surface area contributed by atoms with Gasteiger partial charge in [0.25, 0.3) is 5.56 Å². The molecule has 0 spiro atoms. The zero-order valence-electron chi connectivity index (χ0n) is 21.0. The number of aryl methyl sites for hydroxylation is 1. The van der Waals surface area contributed by atoms with Crippen molar-refractivity contribution in [3.05, 3.63) is 99.9 Å². The van der Waals surface area contributed by atoms with Crippen molar-refractivity contribution in [3.8, 4) is 5.75 Å². The molecule has 4 rings (SSSR count). The monoisotopic (exact) mass is 521 g/mol. The number of hydrogen-bond donors (Lipinski definition) is 0. The van der Waals surface area contributed by atoms with Crippen molar-refractivity contribution in [2.75, 3.05) is 20.1 Å². The van der Waals surface area contributed by atoms with Crippen LogP contribution in [0.4, 0.5) is 0 Å². The molecule has 2 amide bonds. The predicted octanol–water partition coefficient (Wildman–Crippen LogP) is 4.24. The second-order valence-electron chi connectivity index (χ2n) is 9.42. The van der Waals surface area contributed by atoms with E-state index in [0.717, 1.165) is 5.56 Å². The molecule has 0 radical (unpaired) electrons. The number of likely N-dealkylation sites (tertiary alicyclic amines) is 1. The van der Waals surface area contributed by atoms with E-state index in [1.807, 2.05) is 42.5 Å². The molecule has 3 aromatic rings. The Labute approximate surface area is 222 Å². The van der Waals surface area contributed by atoms with Gasteiger partial charge in [-0.2, -0.15) is 0 Å². The third kappa shape index (κ3) is 7.46. The van der Waals surface area contributed by atoms with Crippen molar-refractivity contribution in [2.45, 2.75) is 38.5 Å². The zero-order chi connectivity index (χ0) is 26.2. The first-order valence-electron chi connectivity index (χ1n) is 12.5. The van der Waals surface area contributed by atoms with Gasteiger partial charge in [-0.1, -0.05) is 48.0 Å². The third-order valence-electron chi connectivity index (χ3n) is 6.71. The Hall–Kier alpha value is -3.58. The number of carbonyl (C=O) groups excluding carboxylic acids is 2. The molecule has 0 aliphatic carbocycles. The van der Waals surface area contributed by atoms with Crippen molar-refractivity contribution in [3.63, 3.8) is 0 Å². The normalized spacial score (nSPS) is 17.3. The first-order chi connectivity index (χ1) is 17.9. The van der Waals surface area contributed by atoms with E-state index < -0.39 is 0 Å². The molecule has 2 atom stereocenters. The van der Waals surface area contributed by atoms with Crippen molar-refractivity contribution < 1.29 is 14.3 Å². The maximum atomic E-state index is 13.2. The molecule has 0 N–H and O–H groups in total. The number of hydrogen-bond acceptors (Lipinski definition) is 4. The smallest absolute Gasteiger partial charge is 0.250 e. The molecular weight excluding hydrogens is 490 g/mol. The molecular formula is C29H32ClN3O4. The predicted molar refractivity (Wildman–Crippen MR) is 143 cm³/mol. The summed E-state index contributed by atoms with van der Waals surface area (Å²) in [6, 6.07) is 22.0. The molecule has 0 unspecified atom stereocenters. The van der Waals surface area contributed by atoms with E-state index in [1.165, 1.54) is 10.6 Å². The summed E-state index contributed by atoms with van der Waals surface area (Å²) in [6.45, 7) is 1.80. The minimum absolute atomic E-state index is 0.00342. The van der Waals surface area contributed by atoms with Gasteiger partial charge in [0.2, 0.25) is 11.8 Å². The van der Waals surface area contributed by atoms with Crippen LogP contribution in [0.25, 0.3) is 0 Å². The molecule has 1 saturated heterocycles. The molecule has 1 aliphatic rings. The largest absolute Gasteiger partial charge is 0.490 e. The number of piperidine rings is 1. The maximum absolute atomic E-state index is 13.2. The lowest BCUT2D eigenvalue weighted by Gasteiger charge is -2.39. The highest BCUT2D eigenvalue weighted by molar-refractivity contribution is 6.30. The van der Waals surface area contributed by atoms with Gasteiger partial charge in [0, 0.05) is 75.7 Å². The number of carbonyl (C=O) groups is 2. The van der Waals surface area contributed by atoms with Gasteiger partial charge in [-0.3, -0.25) is 14.4 Å². The topological polar surface area (TPSA) is 71.9 Å². The summed E-state index contributed by atoms with van der Waals surface area (Å²) in [7, 11) is 1.80. The third-order valence-corrected chi connectivity index (χ3v) is 6.96. The number of aromatic nitrogens is 1. The number of halogens is 1. The van der Waals surface area contributed by atoms with Crippen LogP contribution in [-0.2, 0) is 22.7 Å². The van der Waals surface area contributed by atoms with Crippen LogP contribution in [0.2, 0.25) is 5.02 Å². The molecule has 2 heterocycles. The number of nitrogens with zero attached hydrogens (tertiary/aromatic N) is 3. The first-order valence-corrected chi connectivity index (χ1v) is 12.9. The number of amides is 2. The summed E-state index contributed by atoms with van der Waals surface area (Å²) < 4.78 is 7.82. The molecule has 0 saturated carbocycles. The average molecular weight is 522 g/mol. The SMILES string of the molecule is CN(Cc1ccccc1)C(=O)C[C@H]1CN(C(=O)CCn2ccccc2=O)CC[C@@H]1Oc1ccc(Cl)cc1. The Morgan fingerprint density at radius 1 is 1.03 bits per heavy atom. The Morgan fingerprint density at radius 3 is 2.49 bits per heavy atom. The Morgan fingerprint density at radius 2 is 1.76 bits per heavy atom. The summed E-state index contributed by atoms with van der Waals surface area (Å²) in [4.78, 5) is 41.7. The average Bonchev–Trinajstić information content (AvgIpc) is 2.90. The van der Waals surface area contributed by atoms with Crippen LogP contribution >= 0.6 is 11.6 Å². The van der Waals surface area contributed by atoms with Gasteiger partial charge in [-0.15, -0.1) is 0 Å². The van der Waals surface area contributed by atoms with Gasteiger partial charge in [0.1, 0.15) is 11.9 Å². The Balaban J connectivity index is 1.42. The lowest BCUT2D eigenvalue weighted by Crippen LogP contribution is -2.49. The van der Waals surface area contributed by atoms with Crippen LogP contribution in [0, 0.1) is 5.92 Å². The zero-order valence-corrected chi connectivity index (χ0v) is 21.7. The van der Waals surface area contributed by atoms with Crippen LogP contribution < -0.4 is 10.3 Å². The first kappa shape index (κ1) is 26.5. The Kier molecular flexibility index (Phi) is 9.01. The van der Waals surface area contributed by atoms with Crippen molar-refractivity contribution in [1.29, 1.82) is 0 Å². The van der Waals surface area contributed by atoms with Gasteiger partial charge in [-0.05, 0) is 35.9 Å².